The van der Waals surface area contributed by atoms with Crippen molar-refractivity contribution < 1.29 is 4.79 Å². The number of hydrogen-bond donors (Lipinski definition) is 1. The molecule has 2 heterocycles. The second kappa shape index (κ2) is 6.05. The number of aromatic amines is 1. The molecular weight excluding hydrogens is 336 g/mol. The van der Waals surface area contributed by atoms with E-state index in [9.17, 15) is 9.59 Å². The first kappa shape index (κ1) is 15.9. The van der Waals surface area contributed by atoms with E-state index < -0.39 is 0 Å². The summed E-state index contributed by atoms with van der Waals surface area (Å²) in [4.78, 5) is 30.7. The maximum atomic E-state index is 13.1. The van der Waals surface area contributed by atoms with E-state index in [2.05, 4.69) is 4.98 Å². The van der Waals surface area contributed by atoms with E-state index >= 15 is 0 Å². The van der Waals surface area contributed by atoms with Crippen LogP contribution in [0, 0.1) is 6.92 Å². The Morgan fingerprint density at radius 1 is 1.20 bits per heavy atom. The van der Waals surface area contributed by atoms with Gasteiger partial charge in [-0.25, -0.2) is 0 Å². The van der Waals surface area contributed by atoms with Gasteiger partial charge in [-0.2, -0.15) is 0 Å². The summed E-state index contributed by atoms with van der Waals surface area (Å²) in [5.41, 5.74) is 3.41. The smallest absolute Gasteiger partial charge is 0.263 e. The van der Waals surface area contributed by atoms with Crippen molar-refractivity contribution in [1.82, 2.24) is 4.98 Å². The highest BCUT2D eigenvalue weighted by Gasteiger charge is 2.25. The summed E-state index contributed by atoms with van der Waals surface area (Å²) in [5, 5.41) is 1.07. The van der Waals surface area contributed by atoms with Crippen LogP contribution in [0.25, 0.3) is 10.9 Å². The molecule has 0 bridgehead atoms. The van der Waals surface area contributed by atoms with Gasteiger partial charge in [0.2, 0.25) is 5.43 Å². The van der Waals surface area contributed by atoms with E-state index in [1.807, 2.05) is 31.2 Å². The van der Waals surface area contributed by atoms with Gasteiger partial charge >= 0.3 is 0 Å². The molecule has 0 spiro atoms. The number of nitrogens with zero attached hydrogens (tertiary/aromatic N) is 1. The Labute approximate surface area is 150 Å². The van der Waals surface area contributed by atoms with Gasteiger partial charge in [-0.1, -0.05) is 29.8 Å². The van der Waals surface area contributed by atoms with Gasteiger partial charge in [0.15, 0.2) is 0 Å². The number of carbonyl (C=O) groups excluding carboxylic acids is 1. The largest absolute Gasteiger partial charge is 0.360 e. The Morgan fingerprint density at radius 3 is 2.84 bits per heavy atom. The lowest BCUT2D eigenvalue weighted by Gasteiger charge is -2.29. The maximum absolute atomic E-state index is 13.1. The highest BCUT2D eigenvalue weighted by Crippen LogP contribution is 2.28. The monoisotopic (exact) mass is 352 g/mol. The molecule has 5 heteroatoms. The molecule has 1 N–H and O–H groups in total. The van der Waals surface area contributed by atoms with E-state index in [1.165, 1.54) is 6.20 Å². The third-order valence-corrected chi connectivity index (χ3v) is 5.24. The van der Waals surface area contributed by atoms with Crippen molar-refractivity contribution in [3.63, 3.8) is 0 Å². The quantitative estimate of drug-likeness (QED) is 0.717. The number of anilines is 1. The molecule has 1 aliphatic rings. The minimum atomic E-state index is -0.262. The normalized spacial score (nSPS) is 13.8. The van der Waals surface area contributed by atoms with Crippen LogP contribution in [-0.2, 0) is 6.42 Å². The van der Waals surface area contributed by atoms with Crippen LogP contribution in [0.1, 0.15) is 27.9 Å². The fourth-order valence-corrected chi connectivity index (χ4v) is 3.62. The third-order valence-electron chi connectivity index (χ3n) is 4.83. The molecule has 1 amide bonds. The van der Waals surface area contributed by atoms with Crippen molar-refractivity contribution in [2.45, 2.75) is 19.8 Å². The molecule has 25 heavy (non-hydrogen) atoms. The molecule has 0 fully saturated rings. The van der Waals surface area contributed by atoms with Crippen molar-refractivity contribution in [1.29, 1.82) is 0 Å². The molecule has 0 saturated carbocycles. The van der Waals surface area contributed by atoms with Gasteiger partial charge in [0.1, 0.15) is 5.56 Å². The molecule has 3 aromatic rings. The molecule has 1 aliphatic heterocycles. The van der Waals surface area contributed by atoms with Gasteiger partial charge in [0, 0.05) is 28.8 Å². The fourth-order valence-electron chi connectivity index (χ4n) is 3.47. The summed E-state index contributed by atoms with van der Waals surface area (Å²) in [6, 6.07) is 11.2. The summed E-state index contributed by atoms with van der Waals surface area (Å²) in [5.74, 6) is -0.261. The van der Waals surface area contributed by atoms with E-state index in [-0.39, 0.29) is 16.9 Å². The van der Waals surface area contributed by atoms with Crippen molar-refractivity contribution in [3.8, 4) is 0 Å². The van der Waals surface area contributed by atoms with Gasteiger partial charge in [0.25, 0.3) is 5.91 Å². The third kappa shape index (κ3) is 2.53. The van der Waals surface area contributed by atoms with Gasteiger partial charge in [-0.15, -0.1) is 0 Å². The Balaban J connectivity index is 1.83. The topological polar surface area (TPSA) is 53.2 Å². The van der Waals surface area contributed by atoms with Crippen LogP contribution >= 0.6 is 11.6 Å². The summed E-state index contributed by atoms with van der Waals surface area (Å²) in [7, 11) is 0. The Bertz CT molecular complexity index is 1060. The molecule has 0 atom stereocenters. The second-order valence-corrected chi connectivity index (χ2v) is 6.72. The zero-order valence-electron chi connectivity index (χ0n) is 13.8. The average molecular weight is 353 g/mol. The van der Waals surface area contributed by atoms with Crippen LogP contribution in [0.2, 0.25) is 5.02 Å². The Kier molecular flexibility index (Phi) is 3.85. The Hall–Kier alpha value is -2.59. The van der Waals surface area contributed by atoms with Gasteiger partial charge in [-0.05, 0) is 49.1 Å². The zero-order chi connectivity index (χ0) is 17.6. The van der Waals surface area contributed by atoms with Crippen LogP contribution < -0.4 is 10.3 Å². The number of rotatable bonds is 1. The minimum absolute atomic E-state index is 0.158. The summed E-state index contributed by atoms with van der Waals surface area (Å²) < 4.78 is 0. The lowest BCUT2D eigenvalue weighted by atomic mass is 10.0. The van der Waals surface area contributed by atoms with Crippen molar-refractivity contribution >= 4 is 34.1 Å². The van der Waals surface area contributed by atoms with Crippen LogP contribution in [-0.4, -0.2) is 17.4 Å². The summed E-state index contributed by atoms with van der Waals surface area (Å²) in [6.07, 6.45) is 3.35. The highest BCUT2D eigenvalue weighted by atomic mass is 35.5. The summed E-state index contributed by atoms with van der Waals surface area (Å²) in [6.45, 7) is 2.47. The number of halogens is 1. The number of amides is 1. The molecule has 2 aromatic carbocycles. The number of carbonyl (C=O) groups is 1. The molecule has 0 saturated heterocycles. The first-order chi connectivity index (χ1) is 12.1. The van der Waals surface area contributed by atoms with Gasteiger partial charge in [0.05, 0.1) is 5.52 Å². The molecule has 4 nitrogen and oxygen atoms in total. The van der Waals surface area contributed by atoms with Crippen LogP contribution in [0.5, 0.6) is 0 Å². The molecule has 0 radical (unpaired) electrons. The van der Waals surface area contributed by atoms with Crippen molar-refractivity contribution in [2.24, 2.45) is 0 Å². The first-order valence-electron chi connectivity index (χ1n) is 8.28. The molecule has 0 unspecified atom stereocenters. The number of pyridine rings is 1. The maximum Gasteiger partial charge on any atom is 0.263 e. The number of hydrogen-bond acceptors (Lipinski definition) is 2. The Morgan fingerprint density at radius 2 is 2.00 bits per heavy atom. The van der Waals surface area contributed by atoms with Gasteiger partial charge in [-0.3, -0.25) is 9.59 Å². The van der Waals surface area contributed by atoms with Crippen molar-refractivity contribution in [2.75, 3.05) is 11.4 Å². The number of aryl methyl sites for hydroxylation is 2. The fraction of sp³-hybridized carbons (Fsp3) is 0.200. The van der Waals surface area contributed by atoms with Crippen molar-refractivity contribution in [3.05, 3.63) is 74.5 Å². The van der Waals surface area contributed by atoms with Crippen LogP contribution in [0.4, 0.5) is 5.69 Å². The van der Waals surface area contributed by atoms with Gasteiger partial charge < -0.3 is 9.88 Å². The average Bonchev–Trinajstić information content (AvgIpc) is 2.64. The van der Waals surface area contributed by atoms with Crippen LogP contribution in [0.15, 0.2) is 47.4 Å². The number of H-pyrrole nitrogens is 1. The van der Waals surface area contributed by atoms with Crippen LogP contribution in [0.3, 0.4) is 0 Å². The highest BCUT2D eigenvalue weighted by molar-refractivity contribution is 6.32. The SMILES string of the molecule is Cc1c(Cl)ccc2c(=O)c(C(=O)N3CCCc4ccccc43)c[nH]c12. The lowest BCUT2D eigenvalue weighted by Crippen LogP contribution is -2.38. The molecule has 126 valence electrons. The number of aromatic nitrogens is 1. The molecule has 1 aromatic heterocycles. The van der Waals surface area contributed by atoms with E-state index in [4.69, 9.17) is 11.6 Å². The number of benzene rings is 2. The molecule has 4 rings (SSSR count). The summed E-state index contributed by atoms with van der Waals surface area (Å²) >= 11 is 6.12. The predicted octanol–water partition coefficient (Wildman–Crippen LogP) is 4.08. The van der Waals surface area contributed by atoms with E-state index in [1.54, 1.807) is 17.0 Å². The standard InChI is InChI=1S/C20H17ClN2O2/c1-12-16(21)9-8-14-18(12)22-11-15(19(14)24)20(25)23-10-4-6-13-5-2-3-7-17(13)23/h2-3,5,7-9,11H,4,6,10H2,1H3,(H,22,24). The predicted molar refractivity (Wildman–Crippen MR) is 101 cm³/mol. The minimum Gasteiger partial charge on any atom is -0.360 e. The molecular formula is C20H17ClN2O2. The number of para-hydroxylation sites is 1. The van der Waals surface area contributed by atoms with E-state index in [0.29, 0.717) is 22.5 Å². The first-order valence-corrected chi connectivity index (χ1v) is 8.66. The lowest BCUT2D eigenvalue weighted by molar-refractivity contribution is 0.0984. The molecule has 0 aliphatic carbocycles. The number of nitrogens with one attached hydrogen (secondary N) is 1. The number of fused-ring (bicyclic) bond motifs is 2. The zero-order valence-corrected chi connectivity index (χ0v) is 14.6. The van der Waals surface area contributed by atoms with E-state index in [0.717, 1.165) is 29.7 Å². The second-order valence-electron chi connectivity index (χ2n) is 6.32.